The molecule has 160 valence electrons. The van der Waals surface area contributed by atoms with Gasteiger partial charge in [0.25, 0.3) is 11.4 Å². The van der Waals surface area contributed by atoms with Crippen LogP contribution in [0.3, 0.4) is 0 Å². The second-order valence-corrected chi connectivity index (χ2v) is 7.04. The minimum atomic E-state index is -0.887. The highest BCUT2D eigenvalue weighted by atomic mass is 16.6. The van der Waals surface area contributed by atoms with E-state index in [0.717, 1.165) is 10.9 Å². The number of non-ortho nitro benzene ring substituents is 1. The lowest BCUT2D eigenvalue weighted by Crippen LogP contribution is -2.25. The first-order chi connectivity index (χ1) is 15.5. The molecule has 2 aromatic carbocycles. The van der Waals surface area contributed by atoms with Gasteiger partial charge in [-0.2, -0.15) is 4.98 Å². The quantitative estimate of drug-likeness (QED) is 0.358. The molecule has 5 rings (SSSR count). The van der Waals surface area contributed by atoms with Gasteiger partial charge in [0.2, 0.25) is 5.95 Å². The van der Waals surface area contributed by atoms with Crippen molar-refractivity contribution in [1.29, 1.82) is 0 Å². The van der Waals surface area contributed by atoms with Gasteiger partial charge >= 0.3 is 0 Å². The minimum absolute atomic E-state index is 0.104. The van der Waals surface area contributed by atoms with Crippen LogP contribution in [0.25, 0.3) is 22.3 Å². The van der Waals surface area contributed by atoms with Crippen molar-refractivity contribution >= 4 is 22.5 Å². The zero-order valence-corrected chi connectivity index (χ0v) is 16.6. The van der Waals surface area contributed by atoms with Crippen LogP contribution in [0.1, 0.15) is 11.6 Å². The second-order valence-electron chi connectivity index (χ2n) is 7.04. The Hall–Kier alpha value is -4.74. The summed E-state index contributed by atoms with van der Waals surface area (Å²) in [6.07, 6.45) is 2.97. The van der Waals surface area contributed by atoms with Gasteiger partial charge in [-0.25, -0.2) is 4.68 Å². The Morgan fingerprint density at radius 2 is 1.97 bits per heavy atom. The number of fused-ring (bicyclic) bond motifs is 2. The highest BCUT2D eigenvalue weighted by molar-refractivity contribution is 5.85. The summed E-state index contributed by atoms with van der Waals surface area (Å²) in [4.78, 5) is 29.5. The van der Waals surface area contributed by atoms with Gasteiger partial charge in [0, 0.05) is 40.4 Å². The topological polar surface area (TPSA) is 154 Å². The summed E-state index contributed by atoms with van der Waals surface area (Å²) < 4.78 is 6.72. The van der Waals surface area contributed by atoms with Gasteiger partial charge in [-0.3, -0.25) is 20.2 Å². The second kappa shape index (κ2) is 7.19. The predicted molar refractivity (Wildman–Crippen MR) is 114 cm³/mol. The molecule has 12 heteroatoms. The molecule has 3 heterocycles. The molecule has 32 heavy (non-hydrogen) atoms. The van der Waals surface area contributed by atoms with Crippen LogP contribution in [-0.2, 0) is 0 Å². The van der Waals surface area contributed by atoms with E-state index in [0.29, 0.717) is 16.9 Å². The Balaban J connectivity index is 1.67. The maximum Gasteiger partial charge on any atom is 0.291 e. The fourth-order valence-corrected chi connectivity index (χ4v) is 3.74. The molecule has 4 aromatic rings. The van der Waals surface area contributed by atoms with Crippen LogP contribution in [0.15, 0.2) is 60.6 Å². The Morgan fingerprint density at radius 3 is 2.72 bits per heavy atom. The van der Waals surface area contributed by atoms with E-state index >= 15 is 0 Å². The number of nitro groups is 2. The number of aromatic amines is 1. The molecule has 0 radical (unpaired) electrons. The number of anilines is 1. The van der Waals surface area contributed by atoms with Crippen LogP contribution in [0.2, 0.25) is 0 Å². The van der Waals surface area contributed by atoms with Gasteiger partial charge in [-0.15, -0.1) is 5.10 Å². The number of aromatic nitrogens is 4. The molecule has 0 bridgehead atoms. The standard InChI is InChI=1S/C20H15N7O5/c1-32-13-5-6-16-14(8-13)15(9-21-16)18-17(27(30)31)10-22-20-23-19(24-25(18)20)11-3-2-4-12(7-11)26(28)29/h2-10,18,21H,1H3,(H,22,23,24). The normalized spacial score (nSPS) is 15.0. The summed E-state index contributed by atoms with van der Waals surface area (Å²) in [7, 11) is 1.54. The fourth-order valence-electron chi connectivity index (χ4n) is 3.74. The van der Waals surface area contributed by atoms with E-state index in [9.17, 15) is 20.2 Å². The number of ether oxygens (including phenoxy) is 1. The molecule has 0 spiro atoms. The van der Waals surface area contributed by atoms with Gasteiger partial charge in [-0.1, -0.05) is 12.1 Å². The van der Waals surface area contributed by atoms with Gasteiger partial charge < -0.3 is 15.0 Å². The zero-order valence-electron chi connectivity index (χ0n) is 16.6. The summed E-state index contributed by atoms with van der Waals surface area (Å²) in [6, 6.07) is 10.4. The average Bonchev–Trinajstić information content (AvgIpc) is 3.42. The SMILES string of the molecule is COc1ccc2[nH]cc(C3C([N+](=O)[O-])=CNc4nc(-c5cccc([N+](=O)[O-])c5)nn43)c2c1. The molecule has 0 saturated carbocycles. The van der Waals surface area contributed by atoms with Crippen molar-refractivity contribution < 1.29 is 14.6 Å². The van der Waals surface area contributed by atoms with E-state index in [4.69, 9.17) is 4.74 Å². The van der Waals surface area contributed by atoms with Crippen molar-refractivity contribution in [2.75, 3.05) is 12.4 Å². The Kier molecular flexibility index (Phi) is 4.32. The monoisotopic (exact) mass is 433 g/mol. The van der Waals surface area contributed by atoms with Crippen LogP contribution in [0, 0.1) is 20.2 Å². The lowest BCUT2D eigenvalue weighted by molar-refractivity contribution is -0.431. The zero-order chi connectivity index (χ0) is 22.4. The van der Waals surface area contributed by atoms with Crippen molar-refractivity contribution in [3.05, 3.63) is 86.4 Å². The number of allylic oxidation sites excluding steroid dienone is 1. The van der Waals surface area contributed by atoms with E-state index in [2.05, 4.69) is 20.4 Å². The van der Waals surface area contributed by atoms with Crippen LogP contribution < -0.4 is 10.1 Å². The van der Waals surface area contributed by atoms with E-state index in [1.165, 1.54) is 29.1 Å². The summed E-state index contributed by atoms with van der Waals surface area (Å²) >= 11 is 0. The van der Waals surface area contributed by atoms with E-state index in [-0.39, 0.29) is 23.2 Å². The van der Waals surface area contributed by atoms with Gasteiger partial charge in [0.1, 0.15) is 5.75 Å². The smallest absolute Gasteiger partial charge is 0.291 e. The van der Waals surface area contributed by atoms with Crippen molar-refractivity contribution in [2.24, 2.45) is 0 Å². The number of methoxy groups -OCH3 is 1. The van der Waals surface area contributed by atoms with Crippen molar-refractivity contribution in [2.45, 2.75) is 6.04 Å². The predicted octanol–water partition coefficient (Wildman–Crippen LogP) is 3.48. The van der Waals surface area contributed by atoms with Gasteiger partial charge in [-0.05, 0) is 18.2 Å². The van der Waals surface area contributed by atoms with Gasteiger partial charge in [0.05, 0.1) is 23.2 Å². The third-order valence-electron chi connectivity index (χ3n) is 5.25. The summed E-state index contributed by atoms with van der Waals surface area (Å²) in [5.74, 6) is 1.09. The first-order valence-corrected chi connectivity index (χ1v) is 9.43. The molecule has 1 unspecified atom stereocenters. The minimum Gasteiger partial charge on any atom is -0.497 e. The van der Waals surface area contributed by atoms with Crippen LogP contribution in [0.5, 0.6) is 5.75 Å². The number of nitro benzene ring substituents is 1. The number of rotatable bonds is 5. The van der Waals surface area contributed by atoms with E-state index in [1.54, 1.807) is 31.5 Å². The molecular weight excluding hydrogens is 418 g/mol. The third-order valence-corrected chi connectivity index (χ3v) is 5.25. The van der Waals surface area contributed by atoms with E-state index in [1.807, 2.05) is 6.07 Å². The molecule has 1 atom stereocenters. The van der Waals surface area contributed by atoms with Crippen LogP contribution in [0.4, 0.5) is 11.6 Å². The summed E-state index contributed by atoms with van der Waals surface area (Å²) in [6.45, 7) is 0. The number of nitrogens with zero attached hydrogens (tertiary/aromatic N) is 5. The third kappa shape index (κ3) is 3.01. The number of benzene rings is 2. The molecule has 0 saturated heterocycles. The summed E-state index contributed by atoms with van der Waals surface area (Å²) in [5.41, 5.74) is 1.58. The highest BCUT2D eigenvalue weighted by Gasteiger charge is 2.37. The number of hydrogen-bond donors (Lipinski definition) is 2. The molecule has 2 aromatic heterocycles. The molecule has 1 aliphatic rings. The highest BCUT2D eigenvalue weighted by Crippen LogP contribution is 2.38. The number of nitrogens with one attached hydrogen (secondary N) is 2. The first kappa shape index (κ1) is 19.2. The molecule has 2 N–H and O–H groups in total. The van der Waals surface area contributed by atoms with Crippen LogP contribution in [-0.4, -0.2) is 36.7 Å². The first-order valence-electron chi connectivity index (χ1n) is 9.43. The van der Waals surface area contributed by atoms with E-state index < -0.39 is 15.9 Å². The molecule has 0 aliphatic carbocycles. The number of hydrogen-bond acceptors (Lipinski definition) is 8. The largest absolute Gasteiger partial charge is 0.497 e. The van der Waals surface area contributed by atoms with Crippen molar-refractivity contribution in [3.63, 3.8) is 0 Å². The Bertz CT molecular complexity index is 1420. The molecule has 1 aliphatic heterocycles. The lowest BCUT2D eigenvalue weighted by Gasteiger charge is -2.20. The average molecular weight is 433 g/mol. The molecule has 12 nitrogen and oxygen atoms in total. The van der Waals surface area contributed by atoms with Gasteiger partial charge in [0.15, 0.2) is 11.9 Å². The Labute approximate surface area is 179 Å². The summed E-state index contributed by atoms with van der Waals surface area (Å²) in [5, 5.41) is 31.0. The Morgan fingerprint density at radius 1 is 1.12 bits per heavy atom. The van der Waals surface area contributed by atoms with Crippen molar-refractivity contribution in [1.82, 2.24) is 19.7 Å². The molecule has 0 fully saturated rings. The van der Waals surface area contributed by atoms with Crippen molar-refractivity contribution in [3.8, 4) is 17.1 Å². The maximum atomic E-state index is 11.9. The number of H-pyrrole nitrogens is 1. The van der Waals surface area contributed by atoms with Crippen LogP contribution >= 0.6 is 0 Å². The maximum absolute atomic E-state index is 11.9. The molecule has 0 amide bonds. The fraction of sp³-hybridized carbons (Fsp3) is 0.100. The lowest BCUT2D eigenvalue weighted by atomic mass is 10.0. The molecular formula is C20H15N7O5.